The maximum Gasteiger partial charge on any atom is 0.189 e. The van der Waals surface area contributed by atoms with E-state index in [2.05, 4.69) is 4.98 Å². The van der Waals surface area contributed by atoms with Crippen LogP contribution in [0.1, 0.15) is 0 Å². The molecule has 72 valence electrons. The standard InChI is InChI=1S/C9H13NO3/c1-11-6-7-12-8-13-9-2-4-10-5-3-9/h2-5H,6-8H2,1H3. The molecule has 0 aliphatic rings. The third kappa shape index (κ3) is 4.45. The third-order valence-electron chi connectivity index (χ3n) is 1.39. The van der Waals surface area contributed by atoms with Crippen LogP contribution in [0.3, 0.4) is 0 Å². The van der Waals surface area contributed by atoms with Crippen molar-refractivity contribution in [2.24, 2.45) is 0 Å². The van der Waals surface area contributed by atoms with E-state index in [0.717, 1.165) is 5.75 Å². The number of methoxy groups -OCH3 is 1. The Balaban J connectivity index is 2.07. The molecule has 0 aliphatic heterocycles. The van der Waals surface area contributed by atoms with Gasteiger partial charge >= 0.3 is 0 Å². The van der Waals surface area contributed by atoms with Crippen LogP contribution in [0.25, 0.3) is 0 Å². The number of hydrogen-bond acceptors (Lipinski definition) is 4. The van der Waals surface area contributed by atoms with Gasteiger partial charge in [-0.2, -0.15) is 0 Å². The summed E-state index contributed by atoms with van der Waals surface area (Å²) >= 11 is 0. The zero-order valence-electron chi connectivity index (χ0n) is 7.60. The molecule has 0 unspecified atom stereocenters. The second kappa shape index (κ2) is 6.39. The lowest BCUT2D eigenvalue weighted by Crippen LogP contribution is -2.07. The smallest absolute Gasteiger partial charge is 0.189 e. The van der Waals surface area contributed by atoms with Crippen molar-refractivity contribution in [1.29, 1.82) is 0 Å². The molecule has 13 heavy (non-hydrogen) atoms. The second-order valence-electron chi connectivity index (χ2n) is 2.35. The molecule has 0 saturated heterocycles. The maximum atomic E-state index is 5.23. The maximum absolute atomic E-state index is 5.23. The van der Waals surface area contributed by atoms with Gasteiger partial charge in [-0.3, -0.25) is 4.98 Å². The van der Waals surface area contributed by atoms with E-state index in [1.54, 1.807) is 31.6 Å². The lowest BCUT2D eigenvalue weighted by Gasteiger charge is -2.05. The van der Waals surface area contributed by atoms with E-state index in [0.29, 0.717) is 13.2 Å². The highest BCUT2D eigenvalue weighted by Gasteiger charge is 1.90. The quantitative estimate of drug-likeness (QED) is 0.489. The lowest BCUT2D eigenvalue weighted by molar-refractivity contribution is -0.00850. The summed E-state index contributed by atoms with van der Waals surface area (Å²) in [5, 5.41) is 0. The van der Waals surface area contributed by atoms with Gasteiger partial charge in [0.15, 0.2) is 6.79 Å². The summed E-state index contributed by atoms with van der Waals surface area (Å²) in [5.74, 6) is 0.757. The first kappa shape index (κ1) is 9.95. The Bertz CT molecular complexity index is 215. The average molecular weight is 183 g/mol. The van der Waals surface area contributed by atoms with Gasteiger partial charge in [0.1, 0.15) is 5.75 Å². The predicted octanol–water partition coefficient (Wildman–Crippen LogP) is 1.08. The van der Waals surface area contributed by atoms with Crippen molar-refractivity contribution in [2.45, 2.75) is 0 Å². The minimum atomic E-state index is 0.243. The molecule has 0 aliphatic carbocycles. The van der Waals surface area contributed by atoms with Crippen LogP contribution in [-0.4, -0.2) is 32.1 Å². The van der Waals surface area contributed by atoms with Gasteiger partial charge in [0.05, 0.1) is 13.2 Å². The van der Waals surface area contributed by atoms with E-state index in [4.69, 9.17) is 14.2 Å². The molecule has 0 saturated carbocycles. The number of aromatic nitrogens is 1. The summed E-state index contributed by atoms with van der Waals surface area (Å²) in [6, 6.07) is 3.55. The van der Waals surface area contributed by atoms with Gasteiger partial charge in [0.25, 0.3) is 0 Å². The monoisotopic (exact) mass is 183 g/mol. The van der Waals surface area contributed by atoms with Crippen molar-refractivity contribution in [3.63, 3.8) is 0 Å². The summed E-state index contributed by atoms with van der Waals surface area (Å²) in [6.07, 6.45) is 3.34. The van der Waals surface area contributed by atoms with Gasteiger partial charge in [-0.1, -0.05) is 0 Å². The van der Waals surface area contributed by atoms with Crippen molar-refractivity contribution in [1.82, 2.24) is 4.98 Å². The molecule has 0 spiro atoms. The van der Waals surface area contributed by atoms with Gasteiger partial charge in [-0.15, -0.1) is 0 Å². The predicted molar refractivity (Wildman–Crippen MR) is 47.6 cm³/mol. The van der Waals surface area contributed by atoms with Gasteiger partial charge in [-0.05, 0) is 12.1 Å². The van der Waals surface area contributed by atoms with E-state index in [9.17, 15) is 0 Å². The Hall–Kier alpha value is -1.13. The topological polar surface area (TPSA) is 40.6 Å². The molecule has 4 nitrogen and oxygen atoms in total. The van der Waals surface area contributed by atoms with Crippen molar-refractivity contribution in [2.75, 3.05) is 27.1 Å². The molecule has 0 N–H and O–H groups in total. The van der Waals surface area contributed by atoms with Crippen LogP contribution < -0.4 is 4.74 Å². The number of ether oxygens (including phenoxy) is 3. The molecule has 1 aromatic heterocycles. The van der Waals surface area contributed by atoms with Crippen LogP contribution in [0.15, 0.2) is 24.5 Å². The number of nitrogens with zero attached hydrogens (tertiary/aromatic N) is 1. The molecule has 4 heteroatoms. The summed E-state index contributed by atoms with van der Waals surface area (Å²) in [7, 11) is 1.63. The highest BCUT2D eigenvalue weighted by Crippen LogP contribution is 2.05. The number of hydrogen-bond donors (Lipinski definition) is 0. The van der Waals surface area contributed by atoms with Gasteiger partial charge in [0.2, 0.25) is 0 Å². The lowest BCUT2D eigenvalue weighted by atomic mass is 10.5. The van der Waals surface area contributed by atoms with E-state index < -0.39 is 0 Å². The normalized spacial score (nSPS) is 9.92. The van der Waals surface area contributed by atoms with Crippen molar-refractivity contribution >= 4 is 0 Å². The van der Waals surface area contributed by atoms with E-state index in [-0.39, 0.29) is 6.79 Å². The molecule has 0 aromatic carbocycles. The fraction of sp³-hybridized carbons (Fsp3) is 0.444. The molecule has 0 fully saturated rings. The fourth-order valence-electron chi connectivity index (χ4n) is 0.745. The van der Waals surface area contributed by atoms with E-state index in [1.165, 1.54) is 0 Å². The molecule has 0 atom stereocenters. The van der Waals surface area contributed by atoms with Crippen LogP contribution in [-0.2, 0) is 9.47 Å². The molecule has 0 amide bonds. The van der Waals surface area contributed by atoms with Crippen LogP contribution in [0.2, 0.25) is 0 Å². The highest BCUT2D eigenvalue weighted by molar-refractivity contribution is 5.16. The molecule has 1 aromatic rings. The fourth-order valence-corrected chi connectivity index (χ4v) is 0.745. The summed E-state index contributed by atoms with van der Waals surface area (Å²) in [4.78, 5) is 3.86. The first-order valence-electron chi connectivity index (χ1n) is 4.03. The second-order valence-corrected chi connectivity index (χ2v) is 2.35. The number of rotatable bonds is 6. The molecule has 1 rings (SSSR count). The summed E-state index contributed by atoms with van der Waals surface area (Å²) in [5.41, 5.74) is 0. The molecule has 0 bridgehead atoms. The average Bonchev–Trinajstić information content (AvgIpc) is 2.19. The first-order chi connectivity index (χ1) is 6.43. The van der Waals surface area contributed by atoms with Crippen LogP contribution in [0, 0.1) is 0 Å². The Labute approximate surface area is 77.5 Å². The van der Waals surface area contributed by atoms with Crippen molar-refractivity contribution in [3.05, 3.63) is 24.5 Å². The Morgan fingerprint density at radius 2 is 2.00 bits per heavy atom. The van der Waals surface area contributed by atoms with Gasteiger partial charge in [0, 0.05) is 19.5 Å². The zero-order valence-corrected chi connectivity index (χ0v) is 7.60. The Kier molecular flexibility index (Phi) is 4.90. The van der Waals surface area contributed by atoms with Gasteiger partial charge in [-0.25, -0.2) is 0 Å². The first-order valence-corrected chi connectivity index (χ1v) is 4.03. The van der Waals surface area contributed by atoms with Gasteiger partial charge < -0.3 is 14.2 Å². The highest BCUT2D eigenvalue weighted by atomic mass is 16.7. The number of pyridine rings is 1. The van der Waals surface area contributed by atoms with Crippen molar-refractivity contribution < 1.29 is 14.2 Å². The third-order valence-corrected chi connectivity index (χ3v) is 1.39. The Morgan fingerprint density at radius 3 is 2.69 bits per heavy atom. The zero-order chi connectivity index (χ0) is 9.36. The summed E-state index contributed by atoms with van der Waals surface area (Å²) in [6.45, 7) is 1.37. The van der Waals surface area contributed by atoms with Crippen LogP contribution in [0.4, 0.5) is 0 Å². The SMILES string of the molecule is COCCOCOc1ccncc1. The van der Waals surface area contributed by atoms with Crippen molar-refractivity contribution in [3.8, 4) is 5.75 Å². The van der Waals surface area contributed by atoms with Crippen LogP contribution >= 0.6 is 0 Å². The largest absolute Gasteiger partial charge is 0.467 e. The molecular weight excluding hydrogens is 170 g/mol. The van der Waals surface area contributed by atoms with E-state index >= 15 is 0 Å². The molecular formula is C9H13NO3. The summed E-state index contributed by atoms with van der Waals surface area (Å²) < 4.78 is 15.1. The molecule has 1 heterocycles. The minimum Gasteiger partial charge on any atom is -0.467 e. The molecule has 0 radical (unpaired) electrons. The Morgan fingerprint density at radius 1 is 1.23 bits per heavy atom. The van der Waals surface area contributed by atoms with E-state index in [1.807, 2.05) is 0 Å². The van der Waals surface area contributed by atoms with Crippen LogP contribution in [0.5, 0.6) is 5.75 Å². The minimum absolute atomic E-state index is 0.243.